The van der Waals surface area contributed by atoms with Crippen molar-refractivity contribution in [2.24, 2.45) is 0 Å². The van der Waals surface area contributed by atoms with Crippen LogP contribution < -0.4 is 10.6 Å². The van der Waals surface area contributed by atoms with Gasteiger partial charge in [-0.3, -0.25) is 9.59 Å². The van der Waals surface area contributed by atoms with Crippen LogP contribution in [0.2, 0.25) is 0 Å². The van der Waals surface area contributed by atoms with E-state index in [1.807, 2.05) is 0 Å². The first-order valence-corrected chi connectivity index (χ1v) is 14.2. The Hall–Kier alpha value is -1.70. The van der Waals surface area contributed by atoms with Crippen LogP contribution in [0.4, 0.5) is 0 Å². The number of hydrogen-bond donors (Lipinski definition) is 12. The van der Waals surface area contributed by atoms with Gasteiger partial charge in [0.1, 0.15) is 79.2 Å². The van der Waals surface area contributed by atoms with Gasteiger partial charge in [0.2, 0.25) is 11.8 Å². The number of aliphatic hydroxyl groups is 10. The molecular formula is C25H44N2O18. The van der Waals surface area contributed by atoms with Gasteiger partial charge in [-0.15, -0.1) is 0 Å². The van der Waals surface area contributed by atoms with Crippen molar-refractivity contribution >= 4 is 11.8 Å². The SMILES string of the molecule is CC(=O)N[C@H]1[C@H](O[C@H]2[C@H](O)[C@@H](CO)O[C@H](O[C@@H]3[C@@H](O)[C@H](OC[C@@H](O)CO)O[C@H](CO)[C@H]3O)[C@@H]2NC(C)=O)O[C@H](CO)[C@@H](O)[C@@H]1O. The number of ether oxygens (including phenoxy) is 6. The monoisotopic (exact) mass is 660 g/mol. The summed E-state index contributed by atoms with van der Waals surface area (Å²) in [5.74, 6) is -1.39. The van der Waals surface area contributed by atoms with Crippen LogP contribution in [-0.4, -0.2) is 194 Å². The third-order valence-corrected chi connectivity index (χ3v) is 7.54. The Kier molecular flexibility index (Phi) is 14.2. The molecule has 0 aromatic heterocycles. The summed E-state index contributed by atoms with van der Waals surface area (Å²) in [6.45, 7) is -1.43. The van der Waals surface area contributed by atoms with Crippen LogP contribution in [0.1, 0.15) is 13.8 Å². The van der Waals surface area contributed by atoms with E-state index < -0.39 is 143 Å². The molecule has 20 nitrogen and oxygen atoms in total. The third-order valence-electron chi connectivity index (χ3n) is 7.54. The van der Waals surface area contributed by atoms with Crippen molar-refractivity contribution in [1.82, 2.24) is 10.6 Å². The van der Waals surface area contributed by atoms with E-state index in [1.165, 1.54) is 0 Å². The maximum absolute atomic E-state index is 12.3. The Bertz CT molecular complexity index is 950. The largest absolute Gasteiger partial charge is 0.394 e. The number of nitrogens with one attached hydrogen (secondary N) is 2. The molecule has 3 aliphatic rings. The van der Waals surface area contributed by atoms with E-state index >= 15 is 0 Å². The molecule has 0 aromatic carbocycles. The first-order valence-electron chi connectivity index (χ1n) is 14.2. The molecule has 16 atom stereocenters. The number of rotatable bonds is 13. The Morgan fingerprint density at radius 1 is 0.644 bits per heavy atom. The summed E-state index contributed by atoms with van der Waals surface area (Å²) in [6, 6.07) is -2.99. The minimum absolute atomic E-state index is 0.519. The smallest absolute Gasteiger partial charge is 0.217 e. The molecule has 0 bridgehead atoms. The maximum Gasteiger partial charge on any atom is 0.217 e. The topological polar surface area (TPSA) is 316 Å². The summed E-state index contributed by atoms with van der Waals surface area (Å²) >= 11 is 0. The van der Waals surface area contributed by atoms with Gasteiger partial charge in [0.05, 0.1) is 33.0 Å². The van der Waals surface area contributed by atoms with Crippen LogP contribution in [0, 0.1) is 0 Å². The highest BCUT2D eigenvalue weighted by atomic mass is 16.7. The van der Waals surface area contributed by atoms with Gasteiger partial charge >= 0.3 is 0 Å². The van der Waals surface area contributed by atoms with Crippen molar-refractivity contribution in [1.29, 1.82) is 0 Å². The Morgan fingerprint density at radius 3 is 1.60 bits per heavy atom. The fraction of sp³-hybridized carbons (Fsp3) is 0.920. The van der Waals surface area contributed by atoms with Crippen molar-refractivity contribution in [3.63, 3.8) is 0 Å². The maximum atomic E-state index is 12.3. The molecule has 0 aliphatic carbocycles. The number of hydrogen-bond acceptors (Lipinski definition) is 18. The van der Waals surface area contributed by atoms with E-state index in [4.69, 9.17) is 33.5 Å². The van der Waals surface area contributed by atoms with Crippen LogP contribution in [-0.2, 0) is 38.0 Å². The van der Waals surface area contributed by atoms with Crippen LogP contribution in [0.3, 0.4) is 0 Å². The van der Waals surface area contributed by atoms with Crippen molar-refractivity contribution in [3.05, 3.63) is 0 Å². The van der Waals surface area contributed by atoms with Gasteiger partial charge in [-0.25, -0.2) is 0 Å². The first-order chi connectivity index (χ1) is 21.3. The van der Waals surface area contributed by atoms with Gasteiger partial charge in [-0.2, -0.15) is 0 Å². The Balaban J connectivity index is 1.94. The van der Waals surface area contributed by atoms with E-state index in [0.29, 0.717) is 0 Å². The number of amides is 2. The molecule has 20 heteroatoms. The van der Waals surface area contributed by atoms with Gasteiger partial charge in [0.15, 0.2) is 18.9 Å². The summed E-state index contributed by atoms with van der Waals surface area (Å²) in [5.41, 5.74) is 0. The highest BCUT2D eigenvalue weighted by Gasteiger charge is 2.54. The second-order valence-electron chi connectivity index (χ2n) is 11.0. The number of carbonyl (C=O) groups excluding carboxylic acids is 2. The fourth-order valence-corrected chi connectivity index (χ4v) is 5.24. The van der Waals surface area contributed by atoms with Crippen LogP contribution in [0.5, 0.6) is 0 Å². The molecule has 3 aliphatic heterocycles. The highest BCUT2D eigenvalue weighted by molar-refractivity contribution is 5.73. The number of carbonyl (C=O) groups is 2. The minimum atomic E-state index is -1.83. The van der Waals surface area contributed by atoms with Crippen molar-refractivity contribution in [3.8, 4) is 0 Å². The number of aliphatic hydroxyl groups excluding tert-OH is 10. The van der Waals surface area contributed by atoms with E-state index in [2.05, 4.69) is 10.6 Å². The Labute approximate surface area is 257 Å². The average molecular weight is 661 g/mol. The van der Waals surface area contributed by atoms with Crippen molar-refractivity contribution in [2.45, 2.75) is 112 Å². The molecule has 2 amide bonds. The zero-order valence-electron chi connectivity index (χ0n) is 24.5. The molecule has 3 heterocycles. The van der Waals surface area contributed by atoms with Gasteiger partial charge in [0, 0.05) is 13.8 Å². The summed E-state index contributed by atoms with van der Waals surface area (Å²) in [7, 11) is 0. The molecule has 0 spiro atoms. The summed E-state index contributed by atoms with van der Waals surface area (Å²) in [6.07, 6.45) is -22.7. The summed E-state index contributed by atoms with van der Waals surface area (Å²) in [5, 5.41) is 107. The predicted octanol–water partition coefficient (Wildman–Crippen LogP) is -7.91. The second-order valence-corrected chi connectivity index (χ2v) is 11.0. The molecule has 0 unspecified atom stereocenters. The molecule has 262 valence electrons. The zero-order chi connectivity index (χ0) is 33.6. The zero-order valence-corrected chi connectivity index (χ0v) is 24.5. The lowest BCUT2D eigenvalue weighted by molar-refractivity contribution is -0.361. The minimum Gasteiger partial charge on any atom is -0.394 e. The lowest BCUT2D eigenvalue weighted by Crippen LogP contribution is -2.71. The lowest BCUT2D eigenvalue weighted by atomic mass is 9.94. The molecule has 0 radical (unpaired) electrons. The first kappa shape index (κ1) is 37.8. The van der Waals surface area contributed by atoms with Crippen LogP contribution >= 0.6 is 0 Å². The van der Waals surface area contributed by atoms with E-state index in [-0.39, 0.29) is 0 Å². The van der Waals surface area contributed by atoms with Crippen molar-refractivity contribution < 1.29 is 89.1 Å². The van der Waals surface area contributed by atoms with Gasteiger partial charge in [-0.05, 0) is 0 Å². The molecule has 45 heavy (non-hydrogen) atoms. The lowest BCUT2D eigenvalue weighted by Gasteiger charge is -2.50. The van der Waals surface area contributed by atoms with Gasteiger partial charge < -0.3 is 90.1 Å². The van der Waals surface area contributed by atoms with Crippen LogP contribution in [0.25, 0.3) is 0 Å². The molecule has 12 N–H and O–H groups in total. The quantitative estimate of drug-likeness (QED) is 0.0872. The average Bonchev–Trinajstić information content (AvgIpc) is 3.00. The molecule has 3 saturated heterocycles. The molecule has 0 saturated carbocycles. The van der Waals surface area contributed by atoms with E-state index in [0.717, 1.165) is 13.8 Å². The second kappa shape index (κ2) is 16.9. The Morgan fingerprint density at radius 2 is 1.09 bits per heavy atom. The van der Waals surface area contributed by atoms with E-state index in [9.17, 15) is 55.5 Å². The molecule has 3 fully saturated rings. The predicted molar refractivity (Wildman–Crippen MR) is 141 cm³/mol. The van der Waals surface area contributed by atoms with Gasteiger partial charge in [-0.1, -0.05) is 0 Å². The van der Waals surface area contributed by atoms with Crippen molar-refractivity contribution in [2.75, 3.05) is 33.0 Å². The molecule has 3 rings (SSSR count). The summed E-state index contributed by atoms with van der Waals surface area (Å²) in [4.78, 5) is 24.2. The highest BCUT2D eigenvalue weighted by Crippen LogP contribution is 2.33. The molecular weight excluding hydrogens is 616 g/mol. The van der Waals surface area contributed by atoms with Gasteiger partial charge in [0.25, 0.3) is 0 Å². The van der Waals surface area contributed by atoms with Crippen LogP contribution in [0.15, 0.2) is 0 Å². The third kappa shape index (κ3) is 9.01. The summed E-state index contributed by atoms with van der Waals surface area (Å²) < 4.78 is 33.7. The van der Waals surface area contributed by atoms with E-state index in [1.54, 1.807) is 0 Å². The molecule has 0 aromatic rings. The fourth-order valence-electron chi connectivity index (χ4n) is 5.24. The normalized spacial score (nSPS) is 43.0. The standard InChI is InChI=1S/C25H44N2O18/c1-8(32)26-14-19(38)16(35)11(4-29)41-23(14)44-21-15(27-9(2)33)24(42-12(5-30)17(21)36)45-22-18(37)13(6-31)43-25(20(22)39)40-7-10(34)3-28/h10-25,28-31,34-39H,3-7H2,1-2H3,(H,26,32)(H,27,33)/t10-,11+,12+,13+,14+,15+,16+,17+,18+,19+,20+,21+,22-,23-,24+,25+/m0/s1.